The predicted molar refractivity (Wildman–Crippen MR) is 74.9 cm³/mol. The average molecular weight is 302 g/mol. The van der Waals surface area contributed by atoms with Crippen molar-refractivity contribution >= 4 is 10.0 Å². The van der Waals surface area contributed by atoms with E-state index in [-0.39, 0.29) is 17.1 Å². The van der Waals surface area contributed by atoms with Crippen molar-refractivity contribution < 1.29 is 13.2 Å². The number of aromatic nitrogens is 2. The summed E-state index contributed by atoms with van der Waals surface area (Å²) in [7, 11) is -1.64. The van der Waals surface area contributed by atoms with Crippen LogP contribution in [-0.4, -0.2) is 61.4 Å². The van der Waals surface area contributed by atoms with Gasteiger partial charge in [0.05, 0.1) is 24.9 Å². The summed E-state index contributed by atoms with van der Waals surface area (Å²) in [5, 5.41) is 7.09. The smallest absolute Gasteiger partial charge is 0.246 e. The van der Waals surface area contributed by atoms with E-state index >= 15 is 0 Å². The number of nitrogens with zero attached hydrogens (tertiary/aromatic N) is 3. The fourth-order valence-corrected chi connectivity index (χ4v) is 3.85. The van der Waals surface area contributed by atoms with E-state index in [4.69, 9.17) is 4.74 Å². The first-order valence-corrected chi connectivity index (χ1v) is 8.20. The molecule has 0 amide bonds. The van der Waals surface area contributed by atoms with Gasteiger partial charge in [0.15, 0.2) is 0 Å². The Morgan fingerprint density at radius 1 is 1.40 bits per heavy atom. The Kier molecular flexibility index (Phi) is 4.79. The van der Waals surface area contributed by atoms with Gasteiger partial charge in [0.1, 0.15) is 4.90 Å². The highest BCUT2D eigenvalue weighted by Gasteiger charge is 2.32. The van der Waals surface area contributed by atoms with Gasteiger partial charge in [-0.15, -0.1) is 0 Å². The number of sulfonamides is 1. The number of hydrogen-bond acceptors (Lipinski definition) is 5. The first-order valence-electron chi connectivity index (χ1n) is 6.76. The molecule has 0 saturated carbocycles. The van der Waals surface area contributed by atoms with Crippen LogP contribution in [0.2, 0.25) is 0 Å². The van der Waals surface area contributed by atoms with Crippen LogP contribution in [0, 0.1) is 0 Å². The van der Waals surface area contributed by atoms with Crippen LogP contribution in [0.1, 0.15) is 13.8 Å². The van der Waals surface area contributed by atoms with Crippen LogP contribution >= 0.6 is 0 Å². The molecule has 1 saturated heterocycles. The minimum atomic E-state index is -3.48. The quantitative estimate of drug-likeness (QED) is 0.822. The molecular formula is C12H22N4O3S. The Hall–Kier alpha value is -0.960. The maximum Gasteiger partial charge on any atom is 0.246 e. The van der Waals surface area contributed by atoms with Gasteiger partial charge in [0.2, 0.25) is 10.0 Å². The molecule has 20 heavy (non-hydrogen) atoms. The molecule has 1 aliphatic rings. The van der Waals surface area contributed by atoms with Crippen LogP contribution in [0.15, 0.2) is 17.3 Å². The number of likely N-dealkylation sites (N-methyl/N-ethyl adjacent to an activating group) is 1. The van der Waals surface area contributed by atoms with Gasteiger partial charge >= 0.3 is 0 Å². The highest BCUT2D eigenvalue weighted by Crippen LogP contribution is 2.20. The highest BCUT2D eigenvalue weighted by atomic mass is 32.2. The predicted octanol–water partition coefficient (Wildman–Crippen LogP) is -0.0996. The van der Waals surface area contributed by atoms with Crippen molar-refractivity contribution in [3.05, 3.63) is 12.4 Å². The summed E-state index contributed by atoms with van der Waals surface area (Å²) in [6.45, 7) is 5.92. The molecule has 0 unspecified atom stereocenters. The van der Waals surface area contributed by atoms with Crippen molar-refractivity contribution in [2.75, 3.05) is 26.7 Å². The number of rotatable bonds is 5. The zero-order valence-electron chi connectivity index (χ0n) is 12.1. The van der Waals surface area contributed by atoms with Crippen LogP contribution in [0.3, 0.4) is 0 Å². The summed E-state index contributed by atoms with van der Waals surface area (Å²) in [6, 6.07) is 0. The van der Waals surface area contributed by atoms with E-state index in [1.54, 1.807) is 10.9 Å². The van der Waals surface area contributed by atoms with Crippen molar-refractivity contribution in [1.29, 1.82) is 0 Å². The van der Waals surface area contributed by atoms with Crippen LogP contribution in [0.4, 0.5) is 0 Å². The van der Waals surface area contributed by atoms with Crippen molar-refractivity contribution in [3.63, 3.8) is 0 Å². The van der Waals surface area contributed by atoms with Crippen LogP contribution < -0.4 is 5.32 Å². The van der Waals surface area contributed by atoms with E-state index in [0.717, 1.165) is 6.54 Å². The fraction of sp³-hybridized carbons (Fsp3) is 0.750. The monoisotopic (exact) mass is 302 g/mol. The highest BCUT2D eigenvalue weighted by molar-refractivity contribution is 7.89. The minimum absolute atomic E-state index is 0.0899. The molecule has 1 aliphatic heterocycles. The summed E-state index contributed by atoms with van der Waals surface area (Å²) in [4.78, 5) is 0.245. The maximum absolute atomic E-state index is 12.6. The molecule has 8 heteroatoms. The summed E-state index contributed by atoms with van der Waals surface area (Å²) < 4.78 is 33.8. The van der Waals surface area contributed by atoms with Gasteiger partial charge in [-0.25, -0.2) is 8.42 Å². The minimum Gasteiger partial charge on any atom is -0.373 e. The second-order valence-electron chi connectivity index (χ2n) is 5.12. The van der Waals surface area contributed by atoms with Crippen LogP contribution in [0.5, 0.6) is 0 Å². The third-order valence-electron chi connectivity index (χ3n) is 3.22. The van der Waals surface area contributed by atoms with E-state index in [2.05, 4.69) is 10.4 Å². The molecule has 1 fully saturated rings. The summed E-state index contributed by atoms with van der Waals surface area (Å²) in [5.41, 5.74) is 0. The SMILES string of the molecule is CNCCn1cc(S(=O)(=O)N2C[C@@H](C)O[C@@H](C)C2)cn1. The van der Waals surface area contributed by atoms with Crippen LogP contribution in [0.25, 0.3) is 0 Å². The van der Waals surface area contributed by atoms with Crippen molar-refractivity contribution in [2.24, 2.45) is 0 Å². The molecule has 1 aromatic heterocycles. The Morgan fingerprint density at radius 2 is 2.05 bits per heavy atom. The Balaban J connectivity index is 2.15. The molecule has 2 heterocycles. The van der Waals surface area contributed by atoms with Crippen molar-refractivity contribution in [3.8, 4) is 0 Å². The second kappa shape index (κ2) is 6.21. The molecule has 1 aromatic rings. The van der Waals surface area contributed by atoms with E-state index in [1.165, 1.54) is 10.5 Å². The van der Waals surface area contributed by atoms with Gasteiger partial charge in [-0.1, -0.05) is 0 Å². The molecule has 7 nitrogen and oxygen atoms in total. The third-order valence-corrected chi connectivity index (χ3v) is 5.01. The molecule has 0 spiro atoms. The zero-order valence-corrected chi connectivity index (χ0v) is 12.9. The fourth-order valence-electron chi connectivity index (χ4n) is 2.30. The first kappa shape index (κ1) is 15.4. The molecule has 114 valence electrons. The van der Waals surface area contributed by atoms with Gasteiger partial charge in [-0.2, -0.15) is 9.40 Å². The largest absolute Gasteiger partial charge is 0.373 e. The van der Waals surface area contributed by atoms with Gasteiger partial charge in [0.25, 0.3) is 0 Å². The van der Waals surface area contributed by atoms with Gasteiger partial charge in [-0.3, -0.25) is 4.68 Å². The standard InChI is InChI=1S/C12H22N4O3S/c1-10-7-16(8-11(2)19-10)20(17,18)12-6-14-15(9-12)5-4-13-3/h6,9-11,13H,4-5,7-8H2,1-3H3/t10-,11+. The van der Waals surface area contributed by atoms with Gasteiger partial charge in [0, 0.05) is 25.8 Å². The lowest BCUT2D eigenvalue weighted by molar-refractivity contribution is -0.0440. The van der Waals surface area contributed by atoms with E-state index in [9.17, 15) is 8.42 Å². The summed E-state index contributed by atoms with van der Waals surface area (Å²) in [6.07, 6.45) is 2.81. The Labute approximate surface area is 120 Å². The Bertz CT molecular complexity index is 533. The lowest BCUT2D eigenvalue weighted by atomic mass is 10.3. The van der Waals surface area contributed by atoms with E-state index < -0.39 is 10.0 Å². The first-order chi connectivity index (χ1) is 9.43. The second-order valence-corrected chi connectivity index (χ2v) is 7.06. The molecule has 0 aromatic carbocycles. The molecular weight excluding hydrogens is 280 g/mol. The zero-order chi connectivity index (χ0) is 14.8. The number of ether oxygens (including phenoxy) is 1. The summed E-state index contributed by atoms with van der Waals surface area (Å²) in [5.74, 6) is 0. The van der Waals surface area contributed by atoms with Crippen LogP contribution in [-0.2, 0) is 21.3 Å². The molecule has 1 N–H and O–H groups in total. The van der Waals surface area contributed by atoms with E-state index in [0.29, 0.717) is 19.6 Å². The lowest BCUT2D eigenvalue weighted by Gasteiger charge is -2.34. The molecule has 2 rings (SSSR count). The average Bonchev–Trinajstić information content (AvgIpc) is 2.84. The molecule has 0 radical (unpaired) electrons. The lowest BCUT2D eigenvalue weighted by Crippen LogP contribution is -2.48. The normalized spacial score (nSPS) is 24.9. The number of hydrogen-bond donors (Lipinski definition) is 1. The number of morpholine rings is 1. The molecule has 2 atom stereocenters. The van der Waals surface area contributed by atoms with E-state index in [1.807, 2.05) is 20.9 Å². The van der Waals surface area contributed by atoms with Gasteiger partial charge < -0.3 is 10.1 Å². The maximum atomic E-state index is 12.6. The summed E-state index contributed by atoms with van der Waals surface area (Å²) >= 11 is 0. The number of nitrogens with one attached hydrogen (secondary N) is 1. The van der Waals surface area contributed by atoms with Crippen molar-refractivity contribution in [1.82, 2.24) is 19.4 Å². The third kappa shape index (κ3) is 3.38. The van der Waals surface area contributed by atoms with Crippen molar-refractivity contribution in [2.45, 2.75) is 37.5 Å². The Morgan fingerprint density at radius 3 is 2.65 bits per heavy atom. The topological polar surface area (TPSA) is 76.5 Å². The molecule has 0 aliphatic carbocycles. The molecule has 0 bridgehead atoms. The van der Waals surface area contributed by atoms with Gasteiger partial charge in [-0.05, 0) is 20.9 Å².